The Hall–Kier alpha value is -2.24. The number of hydrogen-bond acceptors (Lipinski definition) is 3. The van der Waals surface area contributed by atoms with Gasteiger partial charge in [-0.2, -0.15) is 0 Å². The van der Waals surface area contributed by atoms with Gasteiger partial charge in [-0.05, 0) is 61.6 Å². The molecule has 0 aliphatic heterocycles. The molecule has 5 nitrogen and oxygen atoms in total. The molecule has 0 bridgehead atoms. The van der Waals surface area contributed by atoms with Crippen molar-refractivity contribution in [1.82, 2.24) is 10.2 Å². The van der Waals surface area contributed by atoms with E-state index in [9.17, 15) is 9.59 Å². The van der Waals surface area contributed by atoms with Gasteiger partial charge in [0.25, 0.3) is 5.91 Å². The lowest BCUT2D eigenvalue weighted by Gasteiger charge is -2.30. The maximum Gasteiger partial charge on any atom is 0.261 e. The van der Waals surface area contributed by atoms with Gasteiger partial charge in [-0.15, -0.1) is 0 Å². The van der Waals surface area contributed by atoms with Gasteiger partial charge in [0, 0.05) is 13.1 Å². The molecule has 2 amide bonds. The number of nitrogens with zero attached hydrogens (tertiary/aromatic N) is 1. The number of hydrogen-bond donors (Lipinski definition) is 1. The number of amides is 2. The van der Waals surface area contributed by atoms with Crippen molar-refractivity contribution in [3.63, 3.8) is 0 Å². The van der Waals surface area contributed by atoms with Gasteiger partial charge < -0.3 is 15.0 Å². The van der Waals surface area contributed by atoms with Crippen molar-refractivity contribution < 1.29 is 14.3 Å². The summed E-state index contributed by atoms with van der Waals surface area (Å²) in [5.74, 6) is 0.210. The lowest BCUT2D eigenvalue weighted by atomic mass is 10.1. The highest BCUT2D eigenvalue weighted by molar-refractivity contribution is 6.42. The second-order valence-electron chi connectivity index (χ2n) is 7.47. The number of carbonyl (C=O) groups excluding carboxylic acids is 2. The molecule has 7 heteroatoms. The van der Waals surface area contributed by atoms with Crippen LogP contribution in [0.2, 0.25) is 10.0 Å². The Morgan fingerprint density at radius 2 is 1.84 bits per heavy atom. The first kappa shape index (κ1) is 25.0. The monoisotopic (exact) mass is 464 g/mol. The number of rotatable bonds is 10. The van der Waals surface area contributed by atoms with E-state index in [4.69, 9.17) is 27.9 Å². The van der Waals surface area contributed by atoms with Crippen LogP contribution in [0.25, 0.3) is 0 Å². The quantitative estimate of drug-likeness (QED) is 0.517. The summed E-state index contributed by atoms with van der Waals surface area (Å²) in [5, 5.41) is 3.74. The van der Waals surface area contributed by atoms with Crippen molar-refractivity contribution in [3.8, 4) is 5.75 Å². The third-order valence-corrected chi connectivity index (χ3v) is 5.92. The maximum atomic E-state index is 13.2. The Bertz CT molecular complexity index is 918. The molecule has 1 N–H and O–H groups in total. The summed E-state index contributed by atoms with van der Waals surface area (Å²) in [6.45, 7) is 8.44. The number of carbonyl (C=O) groups is 2. The molecule has 2 aromatic rings. The predicted molar refractivity (Wildman–Crippen MR) is 126 cm³/mol. The van der Waals surface area contributed by atoms with Gasteiger partial charge in [-0.1, -0.05) is 55.2 Å². The van der Waals surface area contributed by atoms with Crippen LogP contribution in [-0.2, 0) is 16.1 Å². The number of nitrogens with one attached hydrogen (secondary N) is 1. The summed E-state index contributed by atoms with van der Waals surface area (Å²) >= 11 is 12.2. The number of aryl methyl sites for hydroxylation is 1. The molecule has 2 aromatic carbocycles. The van der Waals surface area contributed by atoms with E-state index in [1.807, 2.05) is 45.9 Å². The third-order valence-electron chi connectivity index (χ3n) is 5.18. The van der Waals surface area contributed by atoms with Crippen LogP contribution in [-0.4, -0.2) is 35.9 Å². The Kier molecular flexibility index (Phi) is 9.66. The normalized spacial score (nSPS) is 11.7. The van der Waals surface area contributed by atoms with Gasteiger partial charge in [-0.3, -0.25) is 9.59 Å². The van der Waals surface area contributed by atoms with Crippen LogP contribution in [0.15, 0.2) is 36.4 Å². The molecule has 0 aromatic heterocycles. The van der Waals surface area contributed by atoms with Gasteiger partial charge >= 0.3 is 0 Å². The molecule has 0 radical (unpaired) electrons. The zero-order valence-corrected chi connectivity index (χ0v) is 20.0. The minimum Gasteiger partial charge on any atom is -0.483 e. The van der Waals surface area contributed by atoms with E-state index >= 15 is 0 Å². The summed E-state index contributed by atoms with van der Waals surface area (Å²) in [5.41, 5.74) is 2.86. The van der Waals surface area contributed by atoms with E-state index in [2.05, 4.69) is 5.32 Å². The van der Waals surface area contributed by atoms with Crippen LogP contribution in [0.5, 0.6) is 5.75 Å². The van der Waals surface area contributed by atoms with Gasteiger partial charge in [0.2, 0.25) is 5.91 Å². The average Bonchev–Trinajstić information content (AvgIpc) is 2.75. The third kappa shape index (κ3) is 6.88. The second-order valence-corrected chi connectivity index (χ2v) is 8.29. The van der Waals surface area contributed by atoms with Crippen LogP contribution in [0.3, 0.4) is 0 Å². The Labute approximate surface area is 194 Å². The Morgan fingerprint density at radius 1 is 1.10 bits per heavy atom. The molecule has 0 spiro atoms. The van der Waals surface area contributed by atoms with Crippen LogP contribution in [0.4, 0.5) is 0 Å². The zero-order valence-electron chi connectivity index (χ0n) is 18.5. The fourth-order valence-electron chi connectivity index (χ4n) is 3.22. The molecule has 0 heterocycles. The Morgan fingerprint density at radius 3 is 2.48 bits per heavy atom. The van der Waals surface area contributed by atoms with Crippen LogP contribution in [0, 0.1) is 13.8 Å². The molecule has 0 aliphatic rings. The van der Waals surface area contributed by atoms with Gasteiger partial charge in [0.15, 0.2) is 6.61 Å². The van der Waals surface area contributed by atoms with Gasteiger partial charge in [0.1, 0.15) is 11.8 Å². The molecule has 2 rings (SSSR count). The maximum absolute atomic E-state index is 13.2. The molecule has 0 saturated carbocycles. The second kappa shape index (κ2) is 12.0. The minimum absolute atomic E-state index is 0.164. The lowest BCUT2D eigenvalue weighted by Crippen LogP contribution is -2.50. The van der Waals surface area contributed by atoms with Crippen LogP contribution < -0.4 is 10.1 Å². The first-order chi connectivity index (χ1) is 14.8. The van der Waals surface area contributed by atoms with Crippen molar-refractivity contribution >= 4 is 35.0 Å². The highest BCUT2D eigenvalue weighted by Crippen LogP contribution is 2.25. The summed E-state index contributed by atoms with van der Waals surface area (Å²) in [6, 6.07) is 10.3. The first-order valence-electron chi connectivity index (χ1n) is 10.5. The zero-order chi connectivity index (χ0) is 23.0. The molecular formula is C24H30Cl2N2O3. The summed E-state index contributed by atoms with van der Waals surface area (Å²) in [7, 11) is 0. The summed E-state index contributed by atoms with van der Waals surface area (Å²) in [6.07, 6.45) is 1.30. The SMILES string of the molecule is CCCNC(=O)[C@@H](CC)N(Cc1ccc(Cl)c(Cl)c1)C(=O)COc1cccc(C)c1C. The summed E-state index contributed by atoms with van der Waals surface area (Å²) < 4.78 is 5.83. The highest BCUT2D eigenvalue weighted by atomic mass is 35.5. The summed E-state index contributed by atoms with van der Waals surface area (Å²) in [4.78, 5) is 27.5. The molecule has 1 atom stereocenters. The van der Waals surface area contributed by atoms with Crippen LogP contribution in [0.1, 0.15) is 43.4 Å². The van der Waals surface area contributed by atoms with E-state index in [1.54, 1.807) is 23.1 Å². The predicted octanol–water partition coefficient (Wildman–Crippen LogP) is 5.32. The van der Waals surface area contributed by atoms with Gasteiger partial charge in [0.05, 0.1) is 10.0 Å². The fraction of sp³-hybridized carbons (Fsp3) is 0.417. The van der Waals surface area contributed by atoms with Crippen molar-refractivity contribution in [2.45, 2.75) is 53.1 Å². The van der Waals surface area contributed by atoms with Crippen molar-refractivity contribution in [3.05, 3.63) is 63.1 Å². The van der Waals surface area contributed by atoms with Crippen LogP contribution >= 0.6 is 23.2 Å². The molecule has 31 heavy (non-hydrogen) atoms. The van der Waals surface area contributed by atoms with E-state index in [-0.39, 0.29) is 25.0 Å². The van der Waals surface area contributed by atoms with E-state index < -0.39 is 6.04 Å². The molecule has 168 valence electrons. The standard InChI is InChI=1S/C24H30Cl2N2O3/c1-5-12-27-24(30)21(6-2)28(14-18-10-11-19(25)20(26)13-18)23(29)15-31-22-9-7-8-16(3)17(22)4/h7-11,13,21H,5-6,12,14-15H2,1-4H3,(H,27,30)/t21-/m1/s1. The van der Waals surface area contributed by atoms with Crippen molar-refractivity contribution in [2.75, 3.05) is 13.2 Å². The van der Waals surface area contributed by atoms with Crippen molar-refractivity contribution in [1.29, 1.82) is 0 Å². The molecule has 0 saturated heterocycles. The molecular weight excluding hydrogens is 435 g/mol. The Balaban J connectivity index is 2.25. The van der Waals surface area contributed by atoms with E-state index in [0.717, 1.165) is 23.1 Å². The number of benzene rings is 2. The first-order valence-corrected chi connectivity index (χ1v) is 11.2. The fourth-order valence-corrected chi connectivity index (χ4v) is 3.54. The van der Waals surface area contributed by atoms with E-state index in [1.165, 1.54) is 0 Å². The smallest absolute Gasteiger partial charge is 0.261 e. The topological polar surface area (TPSA) is 58.6 Å². The lowest BCUT2D eigenvalue weighted by molar-refractivity contribution is -0.143. The molecule has 0 aliphatic carbocycles. The van der Waals surface area contributed by atoms with Gasteiger partial charge in [-0.25, -0.2) is 0 Å². The minimum atomic E-state index is -0.615. The highest BCUT2D eigenvalue weighted by Gasteiger charge is 2.29. The number of ether oxygens (including phenoxy) is 1. The number of halogens is 2. The average molecular weight is 465 g/mol. The van der Waals surface area contributed by atoms with Crippen molar-refractivity contribution in [2.24, 2.45) is 0 Å². The molecule has 0 fully saturated rings. The van der Waals surface area contributed by atoms with E-state index in [0.29, 0.717) is 28.8 Å². The largest absolute Gasteiger partial charge is 0.483 e. The molecule has 0 unspecified atom stereocenters.